The molecule has 1 fully saturated rings. The molecule has 2 aromatic rings. The molecule has 0 bridgehead atoms. The first-order chi connectivity index (χ1) is 12.7. The number of nitrogens with two attached hydrogens (primary N) is 1. The van der Waals surface area contributed by atoms with E-state index in [1.807, 2.05) is 42.8 Å². The van der Waals surface area contributed by atoms with E-state index in [0.29, 0.717) is 18.3 Å². The predicted octanol–water partition coefficient (Wildman–Crippen LogP) is 2.06. The zero-order valence-corrected chi connectivity index (χ0v) is 16.0. The molecule has 0 saturated carbocycles. The number of anilines is 1. The molecule has 140 valence electrons. The topological polar surface area (TPSA) is 76.2 Å². The van der Waals surface area contributed by atoms with Crippen molar-refractivity contribution in [2.24, 2.45) is 10.7 Å². The Morgan fingerprint density at radius 2 is 2.00 bits per heavy atom. The molecule has 0 spiro atoms. The van der Waals surface area contributed by atoms with Crippen molar-refractivity contribution in [2.75, 3.05) is 44.7 Å². The second-order valence-corrected chi connectivity index (χ2v) is 6.94. The smallest absolute Gasteiger partial charge is 0.191 e. The van der Waals surface area contributed by atoms with Crippen molar-refractivity contribution in [2.45, 2.75) is 13.0 Å². The lowest BCUT2D eigenvalue weighted by atomic mass is 10.3. The van der Waals surface area contributed by atoms with E-state index in [0.717, 1.165) is 37.1 Å². The van der Waals surface area contributed by atoms with Crippen LogP contribution in [0.1, 0.15) is 6.92 Å². The Bertz CT molecular complexity index is 714. The molecule has 2 N–H and O–H groups in total. The maximum Gasteiger partial charge on any atom is 0.191 e. The Morgan fingerprint density at radius 3 is 2.65 bits per heavy atom. The van der Waals surface area contributed by atoms with Crippen LogP contribution in [0.25, 0.3) is 0 Å². The summed E-state index contributed by atoms with van der Waals surface area (Å²) in [6, 6.07) is 7.60. The summed E-state index contributed by atoms with van der Waals surface area (Å²) in [5, 5.41) is 3.07. The molecule has 3 rings (SSSR count). The number of rotatable bonds is 6. The number of para-hydroxylation sites is 2. The molecule has 8 heteroatoms. The van der Waals surface area contributed by atoms with E-state index in [-0.39, 0.29) is 6.10 Å². The highest BCUT2D eigenvalue weighted by Gasteiger charge is 2.20. The molecule has 7 nitrogen and oxygen atoms in total. The zero-order chi connectivity index (χ0) is 18.4. The summed E-state index contributed by atoms with van der Waals surface area (Å²) in [5.74, 6) is 2.00. The fourth-order valence-corrected chi connectivity index (χ4v) is 3.49. The van der Waals surface area contributed by atoms with E-state index in [1.165, 1.54) is 0 Å². The second kappa shape index (κ2) is 8.75. The summed E-state index contributed by atoms with van der Waals surface area (Å²) in [5.41, 5.74) is 6.17. The molecule has 1 atom stereocenters. The van der Waals surface area contributed by atoms with E-state index in [4.69, 9.17) is 15.2 Å². The van der Waals surface area contributed by atoms with Crippen LogP contribution < -0.4 is 20.1 Å². The second-order valence-electron chi connectivity index (χ2n) is 6.07. The van der Waals surface area contributed by atoms with Crippen molar-refractivity contribution in [1.29, 1.82) is 0 Å². The highest BCUT2D eigenvalue weighted by Crippen LogP contribution is 2.26. The molecule has 2 heterocycles. The van der Waals surface area contributed by atoms with Crippen LogP contribution in [-0.4, -0.2) is 61.8 Å². The van der Waals surface area contributed by atoms with Crippen molar-refractivity contribution < 1.29 is 9.47 Å². The third-order valence-corrected chi connectivity index (χ3v) is 5.03. The summed E-state index contributed by atoms with van der Waals surface area (Å²) in [7, 11) is 1.63. The molecule has 0 aliphatic carbocycles. The van der Waals surface area contributed by atoms with Crippen molar-refractivity contribution in [3.05, 3.63) is 35.8 Å². The van der Waals surface area contributed by atoms with E-state index in [9.17, 15) is 0 Å². The fourth-order valence-electron chi connectivity index (χ4n) is 2.79. The fraction of sp³-hybridized carbons (Fsp3) is 0.444. The van der Waals surface area contributed by atoms with Crippen LogP contribution in [0.4, 0.5) is 5.13 Å². The minimum Gasteiger partial charge on any atom is -0.493 e. The van der Waals surface area contributed by atoms with Gasteiger partial charge in [-0.3, -0.25) is 0 Å². The van der Waals surface area contributed by atoms with Gasteiger partial charge in [0.05, 0.1) is 13.7 Å². The number of nitrogens with zero attached hydrogens (tertiary/aromatic N) is 4. The monoisotopic (exact) mass is 375 g/mol. The van der Waals surface area contributed by atoms with Gasteiger partial charge in [0.2, 0.25) is 0 Å². The van der Waals surface area contributed by atoms with E-state index in [2.05, 4.69) is 19.8 Å². The first kappa shape index (κ1) is 18.3. The number of hydrogen-bond donors (Lipinski definition) is 1. The van der Waals surface area contributed by atoms with Gasteiger partial charge < -0.3 is 25.0 Å². The molecule has 1 aliphatic heterocycles. The van der Waals surface area contributed by atoms with Gasteiger partial charge in [-0.05, 0) is 19.1 Å². The first-order valence-electron chi connectivity index (χ1n) is 8.66. The molecule has 1 aliphatic rings. The number of ether oxygens (including phenoxy) is 2. The number of aliphatic imine (C=N–C) groups is 1. The molecular formula is C18H25N5O2S. The van der Waals surface area contributed by atoms with Crippen molar-refractivity contribution in [3.8, 4) is 11.5 Å². The van der Waals surface area contributed by atoms with Crippen LogP contribution >= 0.6 is 11.3 Å². The zero-order valence-electron chi connectivity index (χ0n) is 15.2. The maximum atomic E-state index is 6.17. The molecule has 1 aromatic heterocycles. The molecule has 1 unspecified atom stereocenters. The molecular weight excluding hydrogens is 350 g/mol. The Balaban J connectivity index is 1.49. The van der Waals surface area contributed by atoms with Gasteiger partial charge in [0.1, 0.15) is 6.10 Å². The van der Waals surface area contributed by atoms with E-state index in [1.54, 1.807) is 18.4 Å². The van der Waals surface area contributed by atoms with Gasteiger partial charge in [-0.2, -0.15) is 0 Å². The lowest BCUT2D eigenvalue weighted by Crippen LogP contribution is -2.51. The van der Waals surface area contributed by atoms with Gasteiger partial charge in [-0.1, -0.05) is 12.1 Å². The summed E-state index contributed by atoms with van der Waals surface area (Å²) >= 11 is 1.67. The first-order valence-corrected chi connectivity index (χ1v) is 9.54. The quantitative estimate of drug-likeness (QED) is 0.615. The van der Waals surface area contributed by atoms with Crippen LogP contribution in [0, 0.1) is 0 Å². The Morgan fingerprint density at radius 1 is 1.27 bits per heavy atom. The van der Waals surface area contributed by atoms with Crippen LogP contribution in [-0.2, 0) is 0 Å². The number of benzene rings is 1. The Labute approximate surface area is 158 Å². The van der Waals surface area contributed by atoms with Gasteiger partial charge in [-0.15, -0.1) is 11.3 Å². The predicted molar refractivity (Wildman–Crippen MR) is 105 cm³/mol. The third kappa shape index (κ3) is 4.57. The number of methoxy groups -OCH3 is 1. The Hall–Kier alpha value is -2.48. The lowest BCUT2D eigenvalue weighted by Gasteiger charge is -2.35. The normalized spacial score (nSPS) is 16.5. The number of thiazole rings is 1. The van der Waals surface area contributed by atoms with Gasteiger partial charge in [-0.25, -0.2) is 9.98 Å². The number of piperazine rings is 1. The SMILES string of the molecule is COc1ccccc1OC(C)CN=C(N)N1CCN(c2nccs2)CC1. The number of hydrogen-bond acceptors (Lipinski definition) is 6. The van der Waals surface area contributed by atoms with Gasteiger partial charge in [0, 0.05) is 37.8 Å². The summed E-state index contributed by atoms with van der Waals surface area (Å²) < 4.78 is 11.2. The minimum atomic E-state index is -0.0959. The van der Waals surface area contributed by atoms with E-state index >= 15 is 0 Å². The average molecular weight is 375 g/mol. The molecule has 0 amide bonds. The van der Waals surface area contributed by atoms with Crippen LogP contribution in [0.5, 0.6) is 11.5 Å². The Kier molecular flexibility index (Phi) is 6.17. The van der Waals surface area contributed by atoms with Crippen molar-refractivity contribution >= 4 is 22.4 Å². The highest BCUT2D eigenvalue weighted by atomic mass is 32.1. The average Bonchev–Trinajstić information content (AvgIpc) is 3.21. The molecule has 26 heavy (non-hydrogen) atoms. The standard InChI is InChI=1S/C18H25N5O2S/c1-14(25-16-6-4-3-5-15(16)24-2)13-21-17(19)22-8-10-23(11-9-22)18-20-7-12-26-18/h3-7,12,14H,8-11,13H2,1-2H3,(H2,19,21). The summed E-state index contributed by atoms with van der Waals surface area (Å²) in [6.07, 6.45) is 1.74. The number of guanidine groups is 1. The van der Waals surface area contributed by atoms with Crippen molar-refractivity contribution in [1.82, 2.24) is 9.88 Å². The van der Waals surface area contributed by atoms with Crippen LogP contribution in [0.15, 0.2) is 40.8 Å². The van der Waals surface area contributed by atoms with E-state index < -0.39 is 0 Å². The molecule has 1 aromatic carbocycles. The summed E-state index contributed by atoms with van der Waals surface area (Å²) in [4.78, 5) is 13.3. The van der Waals surface area contributed by atoms with Crippen LogP contribution in [0.3, 0.4) is 0 Å². The lowest BCUT2D eigenvalue weighted by molar-refractivity contribution is 0.218. The molecule has 0 radical (unpaired) electrons. The third-order valence-electron chi connectivity index (χ3n) is 4.20. The van der Waals surface area contributed by atoms with Gasteiger partial charge in [0.25, 0.3) is 0 Å². The summed E-state index contributed by atoms with van der Waals surface area (Å²) in [6.45, 7) is 5.96. The van der Waals surface area contributed by atoms with Crippen molar-refractivity contribution in [3.63, 3.8) is 0 Å². The van der Waals surface area contributed by atoms with Gasteiger partial charge >= 0.3 is 0 Å². The minimum absolute atomic E-state index is 0.0959. The number of aromatic nitrogens is 1. The highest BCUT2D eigenvalue weighted by molar-refractivity contribution is 7.13. The largest absolute Gasteiger partial charge is 0.493 e. The van der Waals surface area contributed by atoms with Crippen LogP contribution in [0.2, 0.25) is 0 Å². The van der Waals surface area contributed by atoms with Gasteiger partial charge in [0.15, 0.2) is 22.6 Å². The molecule has 1 saturated heterocycles. The maximum absolute atomic E-state index is 6.17.